The van der Waals surface area contributed by atoms with E-state index in [9.17, 15) is 31.5 Å². The van der Waals surface area contributed by atoms with E-state index in [0.29, 0.717) is 32.2 Å². The Morgan fingerprint density at radius 1 is 1.11 bits per heavy atom. The van der Waals surface area contributed by atoms with Gasteiger partial charge in [0.25, 0.3) is 5.92 Å². The molecule has 4 rings (SSSR count). The van der Waals surface area contributed by atoms with Gasteiger partial charge in [0.05, 0.1) is 41.9 Å². The standard InChI is InChI=1S/C32H43F5N4O4S/c1-29(2,3)45-26(42)18-39-14-12-21(31(33,34)19-39)13-15-44-24-10-8-22(9-11-24)41-28(46)40(27(43)30(41,4)5)23-7-6-20(17-38)25(16-23)32(35,36)37/h6-7,16,21-22,24,28,46H,8-15,18-19H2,1-5H3/t21-,22?,24?,28+/m1/s1. The number of likely N-dealkylation sites (tertiary alicyclic amines) is 1. The van der Waals surface area contributed by atoms with Gasteiger partial charge in [0.1, 0.15) is 11.1 Å². The predicted molar refractivity (Wildman–Crippen MR) is 164 cm³/mol. The SMILES string of the molecule is CC(C)(C)OC(=O)CN1CC[C@H](CCOC2CCC(N3[C@@H](S)N(c4ccc(C#N)c(C(F)(F)F)c4)C(=O)C3(C)C)CC2)C(F)(F)C1. The first-order valence-corrected chi connectivity index (χ1v) is 16.1. The summed E-state index contributed by atoms with van der Waals surface area (Å²) in [6.07, 6.45) is -1.94. The lowest BCUT2D eigenvalue weighted by molar-refractivity contribution is -0.161. The third kappa shape index (κ3) is 8.14. The summed E-state index contributed by atoms with van der Waals surface area (Å²) in [7, 11) is 0. The van der Waals surface area contributed by atoms with Crippen LogP contribution in [0.5, 0.6) is 0 Å². The van der Waals surface area contributed by atoms with Crippen LogP contribution in [0.3, 0.4) is 0 Å². The second-order valence-electron chi connectivity index (χ2n) is 14.0. The van der Waals surface area contributed by atoms with Crippen LogP contribution in [0.1, 0.15) is 84.3 Å². The number of halogens is 5. The molecular formula is C32H43F5N4O4S. The van der Waals surface area contributed by atoms with Crippen LogP contribution in [0.15, 0.2) is 18.2 Å². The Morgan fingerprint density at radius 2 is 1.76 bits per heavy atom. The number of esters is 1. The lowest BCUT2D eigenvalue weighted by atomic mass is 9.88. The number of rotatable bonds is 8. The maximum atomic E-state index is 14.9. The van der Waals surface area contributed by atoms with Crippen molar-refractivity contribution in [1.29, 1.82) is 5.26 Å². The minimum atomic E-state index is -4.77. The Labute approximate surface area is 272 Å². The molecular weight excluding hydrogens is 631 g/mol. The lowest BCUT2D eigenvalue weighted by Crippen LogP contribution is -2.52. The molecule has 2 aliphatic heterocycles. The van der Waals surface area contributed by atoms with E-state index in [-0.39, 0.29) is 43.8 Å². The van der Waals surface area contributed by atoms with Crippen LogP contribution in [-0.2, 0) is 25.2 Å². The van der Waals surface area contributed by atoms with E-state index >= 15 is 0 Å². The topological polar surface area (TPSA) is 86.1 Å². The molecule has 2 saturated heterocycles. The number of hydrogen-bond donors (Lipinski definition) is 1. The fourth-order valence-corrected chi connectivity index (χ4v) is 7.52. The van der Waals surface area contributed by atoms with E-state index in [1.54, 1.807) is 40.7 Å². The van der Waals surface area contributed by atoms with Crippen LogP contribution in [0, 0.1) is 17.2 Å². The average molecular weight is 675 g/mol. The van der Waals surface area contributed by atoms with Crippen LogP contribution in [-0.4, -0.2) is 82.6 Å². The fraction of sp³-hybridized carbons (Fsp3) is 0.719. The van der Waals surface area contributed by atoms with Gasteiger partial charge in [-0.25, -0.2) is 8.78 Å². The number of carbonyl (C=O) groups is 2. The zero-order valence-electron chi connectivity index (χ0n) is 26.9. The summed E-state index contributed by atoms with van der Waals surface area (Å²) >= 11 is 4.68. The minimum absolute atomic E-state index is 0.0106. The quantitative estimate of drug-likeness (QED) is 0.199. The molecule has 1 saturated carbocycles. The first-order chi connectivity index (χ1) is 21.2. The predicted octanol–water partition coefficient (Wildman–Crippen LogP) is 6.23. The molecule has 3 fully saturated rings. The molecule has 0 N–H and O–H groups in total. The van der Waals surface area contributed by atoms with Crippen molar-refractivity contribution in [3.63, 3.8) is 0 Å². The number of carbonyl (C=O) groups excluding carboxylic acids is 2. The van der Waals surface area contributed by atoms with Gasteiger partial charge in [-0.1, -0.05) is 0 Å². The van der Waals surface area contributed by atoms with Crippen molar-refractivity contribution in [3.8, 4) is 6.07 Å². The molecule has 256 valence electrons. The highest BCUT2D eigenvalue weighted by molar-refractivity contribution is 7.81. The Bertz CT molecular complexity index is 1320. The van der Waals surface area contributed by atoms with Crippen molar-refractivity contribution >= 4 is 30.2 Å². The summed E-state index contributed by atoms with van der Waals surface area (Å²) in [4.78, 5) is 30.2. The van der Waals surface area contributed by atoms with Crippen LogP contribution >= 0.6 is 12.6 Å². The molecule has 1 aromatic rings. The first kappa shape index (κ1) is 36.4. The molecule has 2 atom stereocenters. The van der Waals surface area contributed by atoms with E-state index in [0.717, 1.165) is 12.1 Å². The van der Waals surface area contributed by atoms with Crippen molar-refractivity contribution in [2.75, 3.05) is 31.1 Å². The third-order valence-electron chi connectivity index (χ3n) is 9.03. The molecule has 0 spiro atoms. The van der Waals surface area contributed by atoms with Gasteiger partial charge in [-0.15, -0.1) is 12.6 Å². The van der Waals surface area contributed by atoms with Crippen molar-refractivity contribution < 1.29 is 41.0 Å². The molecule has 0 radical (unpaired) electrons. The van der Waals surface area contributed by atoms with Crippen LogP contribution < -0.4 is 4.90 Å². The number of benzene rings is 1. The van der Waals surface area contributed by atoms with Crippen molar-refractivity contribution in [2.45, 2.75) is 114 Å². The van der Waals surface area contributed by atoms with Crippen LogP contribution in [0.4, 0.5) is 27.6 Å². The second kappa shape index (κ2) is 13.6. The molecule has 0 bridgehead atoms. The summed E-state index contributed by atoms with van der Waals surface area (Å²) < 4.78 is 82.1. The maximum Gasteiger partial charge on any atom is 0.417 e. The lowest BCUT2D eigenvalue weighted by Gasteiger charge is -2.42. The first-order valence-electron chi connectivity index (χ1n) is 15.6. The molecule has 1 aromatic carbocycles. The summed E-state index contributed by atoms with van der Waals surface area (Å²) in [6, 6.07) is 4.66. The number of nitrogens with zero attached hydrogens (tertiary/aromatic N) is 4. The third-order valence-corrected chi connectivity index (χ3v) is 9.51. The van der Waals surface area contributed by atoms with Crippen molar-refractivity contribution in [3.05, 3.63) is 29.3 Å². The summed E-state index contributed by atoms with van der Waals surface area (Å²) in [5.41, 5.74) is -4.19. The van der Waals surface area contributed by atoms with E-state index in [4.69, 9.17) is 14.7 Å². The molecule has 2 heterocycles. The highest BCUT2D eigenvalue weighted by Crippen LogP contribution is 2.43. The van der Waals surface area contributed by atoms with Gasteiger partial charge in [0, 0.05) is 24.3 Å². The van der Waals surface area contributed by atoms with Gasteiger partial charge in [-0.05, 0) is 97.9 Å². The number of hydrogen-bond acceptors (Lipinski definition) is 8. The largest absolute Gasteiger partial charge is 0.459 e. The average Bonchev–Trinajstić information content (AvgIpc) is 3.11. The Kier molecular flexibility index (Phi) is 10.7. The Morgan fingerprint density at radius 3 is 2.33 bits per heavy atom. The molecule has 0 aromatic heterocycles. The molecule has 14 heteroatoms. The summed E-state index contributed by atoms with van der Waals surface area (Å²) in [6.45, 7) is 8.50. The van der Waals surface area contributed by atoms with Gasteiger partial charge in [-0.2, -0.15) is 18.4 Å². The van der Waals surface area contributed by atoms with Crippen LogP contribution in [0.2, 0.25) is 0 Å². The Balaban J connectivity index is 1.30. The van der Waals surface area contributed by atoms with Gasteiger partial charge >= 0.3 is 12.1 Å². The van der Waals surface area contributed by atoms with Crippen molar-refractivity contribution in [2.24, 2.45) is 5.92 Å². The smallest absolute Gasteiger partial charge is 0.417 e. The molecule has 1 aliphatic carbocycles. The van der Waals surface area contributed by atoms with Gasteiger partial charge < -0.3 is 9.47 Å². The van der Waals surface area contributed by atoms with Crippen LogP contribution in [0.25, 0.3) is 0 Å². The summed E-state index contributed by atoms with van der Waals surface area (Å²) in [5.74, 6) is -4.74. The van der Waals surface area contributed by atoms with E-state index in [1.165, 1.54) is 15.9 Å². The van der Waals surface area contributed by atoms with Gasteiger partial charge in [0.2, 0.25) is 5.91 Å². The number of amides is 1. The zero-order chi connectivity index (χ0) is 34.2. The Hall–Kier alpha value is -2.47. The molecule has 0 unspecified atom stereocenters. The summed E-state index contributed by atoms with van der Waals surface area (Å²) in [5, 5.41) is 9.15. The highest BCUT2D eigenvalue weighted by Gasteiger charge is 2.54. The van der Waals surface area contributed by atoms with Crippen molar-refractivity contribution in [1.82, 2.24) is 9.80 Å². The van der Waals surface area contributed by atoms with E-state index in [2.05, 4.69) is 12.6 Å². The molecule has 3 aliphatic rings. The second-order valence-corrected chi connectivity index (χ2v) is 14.4. The molecule has 46 heavy (non-hydrogen) atoms. The number of piperidine rings is 1. The maximum absolute atomic E-state index is 14.9. The number of nitriles is 1. The number of anilines is 1. The monoisotopic (exact) mass is 674 g/mol. The zero-order valence-corrected chi connectivity index (χ0v) is 27.8. The highest BCUT2D eigenvalue weighted by atomic mass is 32.1. The van der Waals surface area contributed by atoms with E-state index in [1.807, 2.05) is 4.90 Å². The minimum Gasteiger partial charge on any atom is -0.459 e. The molecule has 1 amide bonds. The molecule has 8 nitrogen and oxygen atoms in total. The van der Waals surface area contributed by atoms with Gasteiger partial charge in [0.15, 0.2) is 0 Å². The number of ether oxygens (including phenoxy) is 2. The number of alkyl halides is 5. The normalized spacial score (nSPS) is 27.4. The van der Waals surface area contributed by atoms with E-state index < -0.39 is 64.2 Å². The number of thiol groups is 1. The van der Waals surface area contributed by atoms with Gasteiger partial charge in [-0.3, -0.25) is 24.3 Å². The fourth-order valence-electron chi connectivity index (χ4n) is 6.80.